The standard InChI is InChI=1S/C22H15ClF4N4O2/c1-11-20-14(3-2-6-28-20)19-15(24)7-12(23)8-16(19)31(21(11)33)10-18(32)30-13-4-5-17(29-9-13)22(25,26)27/h2-9,11H,10H2,1H3,(H,30,32)/t11-/m1/s1. The van der Waals surface area contributed by atoms with Crippen LogP contribution in [0.15, 0.2) is 48.8 Å². The molecule has 170 valence electrons. The second kappa shape index (κ2) is 8.43. The van der Waals surface area contributed by atoms with Crippen LogP contribution in [0.3, 0.4) is 0 Å². The lowest BCUT2D eigenvalue weighted by atomic mass is 9.97. The van der Waals surface area contributed by atoms with E-state index in [1.54, 1.807) is 19.1 Å². The molecule has 0 spiro atoms. The van der Waals surface area contributed by atoms with Crippen LogP contribution in [-0.2, 0) is 15.8 Å². The van der Waals surface area contributed by atoms with E-state index in [1.165, 1.54) is 12.3 Å². The Morgan fingerprint density at radius 2 is 1.97 bits per heavy atom. The van der Waals surface area contributed by atoms with E-state index in [0.29, 0.717) is 11.3 Å². The highest BCUT2D eigenvalue weighted by atomic mass is 35.5. The van der Waals surface area contributed by atoms with Crippen LogP contribution in [0.1, 0.15) is 24.2 Å². The highest BCUT2D eigenvalue weighted by Crippen LogP contribution is 2.42. The van der Waals surface area contributed by atoms with Crippen molar-refractivity contribution in [3.05, 3.63) is 71.0 Å². The quantitative estimate of drug-likeness (QED) is 0.535. The van der Waals surface area contributed by atoms with Gasteiger partial charge in [-0.05, 0) is 37.3 Å². The van der Waals surface area contributed by atoms with Crippen LogP contribution in [0.5, 0.6) is 0 Å². The molecule has 1 aliphatic rings. The van der Waals surface area contributed by atoms with Gasteiger partial charge in [-0.15, -0.1) is 0 Å². The normalized spacial score (nSPS) is 15.5. The van der Waals surface area contributed by atoms with Crippen LogP contribution in [0.25, 0.3) is 11.1 Å². The Hall–Kier alpha value is -3.53. The summed E-state index contributed by atoms with van der Waals surface area (Å²) in [4.78, 5) is 34.5. The Labute approximate surface area is 190 Å². The van der Waals surface area contributed by atoms with Gasteiger partial charge in [0.2, 0.25) is 11.8 Å². The lowest BCUT2D eigenvalue weighted by Gasteiger charge is -2.24. The van der Waals surface area contributed by atoms with E-state index in [4.69, 9.17) is 11.6 Å². The number of pyridine rings is 2. The van der Waals surface area contributed by atoms with Gasteiger partial charge in [0, 0.05) is 22.3 Å². The summed E-state index contributed by atoms with van der Waals surface area (Å²) in [5, 5.41) is 2.42. The van der Waals surface area contributed by atoms with Gasteiger partial charge in [0.05, 0.1) is 29.2 Å². The number of carbonyl (C=O) groups is 2. The summed E-state index contributed by atoms with van der Waals surface area (Å²) in [6, 6.07) is 7.48. The average molecular weight is 479 g/mol. The van der Waals surface area contributed by atoms with E-state index in [9.17, 15) is 27.2 Å². The summed E-state index contributed by atoms with van der Waals surface area (Å²) >= 11 is 6.04. The molecule has 11 heteroatoms. The van der Waals surface area contributed by atoms with Gasteiger partial charge < -0.3 is 10.2 Å². The Kier molecular flexibility index (Phi) is 5.79. The van der Waals surface area contributed by atoms with Crippen molar-refractivity contribution < 1.29 is 27.2 Å². The largest absolute Gasteiger partial charge is 0.433 e. The van der Waals surface area contributed by atoms with E-state index in [1.807, 2.05) is 0 Å². The number of carbonyl (C=O) groups excluding carboxylic acids is 2. The first-order valence-electron chi connectivity index (χ1n) is 9.65. The van der Waals surface area contributed by atoms with Crippen molar-refractivity contribution in [2.45, 2.75) is 19.0 Å². The number of amides is 2. The fourth-order valence-electron chi connectivity index (χ4n) is 3.63. The van der Waals surface area contributed by atoms with Crippen molar-refractivity contribution in [3.8, 4) is 11.1 Å². The minimum Gasteiger partial charge on any atom is -0.323 e. The number of halogens is 5. The summed E-state index contributed by atoms with van der Waals surface area (Å²) in [5.41, 5.74) is -0.197. The Morgan fingerprint density at radius 3 is 2.64 bits per heavy atom. The van der Waals surface area contributed by atoms with Crippen LogP contribution in [0.2, 0.25) is 5.02 Å². The molecule has 2 amide bonds. The summed E-state index contributed by atoms with van der Waals surface area (Å²) in [5.74, 6) is -2.73. The third-order valence-corrected chi connectivity index (χ3v) is 5.34. The second-order valence-electron chi connectivity index (χ2n) is 7.34. The van der Waals surface area contributed by atoms with E-state index in [-0.39, 0.29) is 22.0 Å². The number of aromatic nitrogens is 2. The topological polar surface area (TPSA) is 75.2 Å². The van der Waals surface area contributed by atoms with Crippen LogP contribution >= 0.6 is 11.6 Å². The molecule has 1 atom stereocenters. The van der Waals surface area contributed by atoms with Gasteiger partial charge in [0.25, 0.3) is 0 Å². The molecule has 0 fully saturated rings. The molecule has 1 N–H and O–H groups in total. The summed E-state index contributed by atoms with van der Waals surface area (Å²) < 4.78 is 53.0. The van der Waals surface area contributed by atoms with Crippen molar-refractivity contribution in [1.82, 2.24) is 9.97 Å². The summed E-state index contributed by atoms with van der Waals surface area (Å²) in [6.07, 6.45) is -2.28. The molecule has 0 aliphatic carbocycles. The smallest absolute Gasteiger partial charge is 0.323 e. The highest BCUT2D eigenvalue weighted by Gasteiger charge is 2.35. The number of rotatable bonds is 3. The van der Waals surface area contributed by atoms with Gasteiger partial charge in [-0.1, -0.05) is 17.7 Å². The maximum absolute atomic E-state index is 15.0. The SMILES string of the molecule is C[C@H]1C(=O)N(CC(=O)Nc2ccc(C(F)(F)F)nc2)c2cc(Cl)cc(F)c2-c2cccnc21. The van der Waals surface area contributed by atoms with Crippen LogP contribution in [-0.4, -0.2) is 28.3 Å². The minimum absolute atomic E-state index is 0.00534. The first-order valence-corrected chi connectivity index (χ1v) is 10.0. The molecular formula is C22H15ClF4N4O2. The molecule has 3 aromatic rings. The molecule has 0 radical (unpaired) electrons. The van der Waals surface area contributed by atoms with Gasteiger partial charge >= 0.3 is 6.18 Å². The maximum Gasteiger partial charge on any atom is 0.433 e. The number of hydrogen-bond acceptors (Lipinski definition) is 4. The zero-order valence-corrected chi connectivity index (χ0v) is 17.7. The third-order valence-electron chi connectivity index (χ3n) is 5.12. The predicted molar refractivity (Wildman–Crippen MR) is 113 cm³/mol. The number of nitrogens with one attached hydrogen (secondary N) is 1. The van der Waals surface area contributed by atoms with Gasteiger partial charge in [-0.3, -0.25) is 14.6 Å². The van der Waals surface area contributed by atoms with E-state index >= 15 is 0 Å². The number of benzene rings is 1. The monoisotopic (exact) mass is 478 g/mol. The van der Waals surface area contributed by atoms with E-state index in [0.717, 1.165) is 29.3 Å². The second-order valence-corrected chi connectivity index (χ2v) is 7.78. The molecular weight excluding hydrogens is 464 g/mol. The van der Waals surface area contributed by atoms with Crippen LogP contribution in [0.4, 0.5) is 28.9 Å². The molecule has 3 heterocycles. The van der Waals surface area contributed by atoms with E-state index in [2.05, 4.69) is 15.3 Å². The third kappa shape index (κ3) is 4.38. The highest BCUT2D eigenvalue weighted by molar-refractivity contribution is 6.31. The average Bonchev–Trinajstić information content (AvgIpc) is 2.83. The zero-order chi connectivity index (χ0) is 23.9. The number of alkyl halides is 3. The Morgan fingerprint density at radius 1 is 1.21 bits per heavy atom. The predicted octanol–water partition coefficient (Wildman–Crippen LogP) is 5.04. The van der Waals surface area contributed by atoms with Crippen molar-refractivity contribution in [2.75, 3.05) is 16.8 Å². The van der Waals surface area contributed by atoms with Gasteiger partial charge in [-0.2, -0.15) is 13.2 Å². The lowest BCUT2D eigenvalue weighted by molar-refractivity contribution is -0.141. The lowest BCUT2D eigenvalue weighted by Crippen LogP contribution is -2.40. The number of hydrogen-bond donors (Lipinski definition) is 1. The van der Waals surface area contributed by atoms with Crippen molar-refractivity contribution in [2.24, 2.45) is 0 Å². The van der Waals surface area contributed by atoms with E-state index < -0.39 is 42.0 Å². The molecule has 1 aliphatic heterocycles. The van der Waals surface area contributed by atoms with Crippen LogP contribution < -0.4 is 10.2 Å². The summed E-state index contributed by atoms with van der Waals surface area (Å²) in [6.45, 7) is 1.05. The zero-order valence-electron chi connectivity index (χ0n) is 17.0. The first-order chi connectivity index (χ1) is 15.6. The van der Waals surface area contributed by atoms with Crippen molar-refractivity contribution in [1.29, 1.82) is 0 Å². The number of nitrogens with zero attached hydrogens (tertiary/aromatic N) is 3. The molecule has 6 nitrogen and oxygen atoms in total. The van der Waals surface area contributed by atoms with Crippen LogP contribution in [0, 0.1) is 5.82 Å². The molecule has 1 aromatic carbocycles. The number of fused-ring (bicyclic) bond motifs is 3. The Bertz CT molecular complexity index is 1250. The molecule has 2 aromatic heterocycles. The first kappa shape index (κ1) is 22.7. The summed E-state index contributed by atoms with van der Waals surface area (Å²) in [7, 11) is 0. The molecule has 0 saturated heterocycles. The molecule has 0 bridgehead atoms. The number of anilines is 2. The minimum atomic E-state index is -4.62. The molecule has 4 rings (SSSR count). The molecule has 0 unspecified atom stereocenters. The van der Waals surface area contributed by atoms with Gasteiger partial charge in [-0.25, -0.2) is 9.37 Å². The maximum atomic E-state index is 15.0. The Balaban J connectivity index is 1.68. The fraction of sp³-hybridized carbons (Fsp3) is 0.182. The van der Waals surface area contributed by atoms with Gasteiger partial charge in [0.1, 0.15) is 18.1 Å². The van der Waals surface area contributed by atoms with Crippen molar-refractivity contribution in [3.63, 3.8) is 0 Å². The molecule has 0 saturated carbocycles. The van der Waals surface area contributed by atoms with Gasteiger partial charge in [0.15, 0.2) is 0 Å². The fourth-order valence-corrected chi connectivity index (χ4v) is 3.82. The van der Waals surface area contributed by atoms with Crippen molar-refractivity contribution >= 4 is 34.8 Å². The molecule has 33 heavy (non-hydrogen) atoms.